The quantitative estimate of drug-likeness (QED) is 0.815. The number of nitrogens with zero attached hydrogens (tertiary/aromatic N) is 1. The van der Waals surface area contributed by atoms with Gasteiger partial charge in [-0.3, -0.25) is 9.78 Å². The number of benzene rings is 1. The van der Waals surface area contributed by atoms with E-state index in [2.05, 4.69) is 43.3 Å². The number of carbonyl (C=O) groups excluding carboxylic acids is 1. The van der Waals surface area contributed by atoms with Gasteiger partial charge >= 0.3 is 0 Å². The molecule has 1 unspecified atom stereocenters. The number of aromatic nitrogens is 1. The molecule has 4 nitrogen and oxygen atoms in total. The molecule has 0 aliphatic heterocycles. The largest absolute Gasteiger partial charge is 0.381 e. The third kappa shape index (κ3) is 4.81. The Balaban J connectivity index is 2.06. The van der Waals surface area contributed by atoms with Gasteiger partial charge < -0.3 is 10.6 Å². The van der Waals surface area contributed by atoms with Crippen LogP contribution >= 0.6 is 0 Å². The third-order valence-electron chi connectivity index (χ3n) is 3.86. The van der Waals surface area contributed by atoms with Crippen LogP contribution in [-0.2, 0) is 0 Å². The lowest BCUT2D eigenvalue weighted by atomic mass is 10.0. The van der Waals surface area contributed by atoms with Gasteiger partial charge in [0, 0.05) is 24.1 Å². The Hall–Kier alpha value is -2.36. The van der Waals surface area contributed by atoms with E-state index in [1.165, 1.54) is 5.56 Å². The number of hydrogen-bond donors (Lipinski definition) is 2. The summed E-state index contributed by atoms with van der Waals surface area (Å²) in [6.45, 7) is 8.51. The third-order valence-corrected chi connectivity index (χ3v) is 3.86. The molecule has 1 aromatic carbocycles. The second kappa shape index (κ2) is 7.77. The highest BCUT2D eigenvalue weighted by Gasteiger charge is 2.09. The zero-order valence-corrected chi connectivity index (χ0v) is 14.3. The minimum absolute atomic E-state index is 0.150. The number of anilines is 2. The topological polar surface area (TPSA) is 54.0 Å². The van der Waals surface area contributed by atoms with E-state index < -0.39 is 0 Å². The van der Waals surface area contributed by atoms with E-state index in [0.717, 1.165) is 17.8 Å². The van der Waals surface area contributed by atoms with E-state index in [9.17, 15) is 4.79 Å². The van der Waals surface area contributed by atoms with E-state index in [-0.39, 0.29) is 5.91 Å². The van der Waals surface area contributed by atoms with Crippen LogP contribution in [0, 0.1) is 0 Å². The molecule has 0 saturated heterocycles. The lowest BCUT2D eigenvalue weighted by molar-refractivity contribution is 0.102. The summed E-state index contributed by atoms with van der Waals surface area (Å²) in [5.41, 5.74) is 3.46. The van der Waals surface area contributed by atoms with Gasteiger partial charge in [0.05, 0.1) is 11.3 Å². The van der Waals surface area contributed by atoms with Crippen molar-refractivity contribution in [3.63, 3.8) is 0 Å². The maximum Gasteiger partial charge on any atom is 0.257 e. The van der Waals surface area contributed by atoms with Crippen molar-refractivity contribution in [1.29, 1.82) is 0 Å². The highest BCUT2D eigenvalue weighted by atomic mass is 16.1. The van der Waals surface area contributed by atoms with Crippen molar-refractivity contribution >= 4 is 17.3 Å². The number of carbonyl (C=O) groups is 1. The van der Waals surface area contributed by atoms with Crippen molar-refractivity contribution in [2.24, 2.45) is 0 Å². The molecule has 0 fully saturated rings. The fraction of sp³-hybridized carbons (Fsp3) is 0.368. The summed E-state index contributed by atoms with van der Waals surface area (Å²) in [6, 6.07) is 10.1. The van der Waals surface area contributed by atoms with Gasteiger partial charge in [-0.05, 0) is 43.0 Å². The molecular weight excluding hydrogens is 286 g/mol. The van der Waals surface area contributed by atoms with Crippen LogP contribution in [0.3, 0.4) is 0 Å². The molecule has 122 valence electrons. The molecule has 0 radical (unpaired) electrons. The van der Waals surface area contributed by atoms with Crippen LogP contribution in [0.4, 0.5) is 11.4 Å². The van der Waals surface area contributed by atoms with E-state index in [0.29, 0.717) is 17.5 Å². The van der Waals surface area contributed by atoms with Crippen LogP contribution < -0.4 is 10.6 Å². The summed E-state index contributed by atoms with van der Waals surface area (Å²) in [7, 11) is 0. The van der Waals surface area contributed by atoms with Crippen LogP contribution in [0.25, 0.3) is 0 Å². The molecule has 1 heterocycles. The summed E-state index contributed by atoms with van der Waals surface area (Å²) in [4.78, 5) is 16.5. The van der Waals surface area contributed by atoms with Gasteiger partial charge in [-0.25, -0.2) is 0 Å². The van der Waals surface area contributed by atoms with Crippen molar-refractivity contribution in [2.75, 3.05) is 10.6 Å². The molecular formula is C19H25N3O. The minimum Gasteiger partial charge on any atom is -0.381 e. The van der Waals surface area contributed by atoms with Crippen LogP contribution in [0.5, 0.6) is 0 Å². The summed E-state index contributed by atoms with van der Waals surface area (Å²) < 4.78 is 0. The molecule has 1 aromatic heterocycles. The van der Waals surface area contributed by atoms with Gasteiger partial charge in [0.25, 0.3) is 5.91 Å². The van der Waals surface area contributed by atoms with Crippen LogP contribution in [0.2, 0.25) is 0 Å². The summed E-state index contributed by atoms with van der Waals surface area (Å²) in [5.74, 6) is 0.329. The highest BCUT2D eigenvalue weighted by molar-refractivity contribution is 6.04. The van der Waals surface area contributed by atoms with Crippen molar-refractivity contribution in [3.8, 4) is 0 Å². The van der Waals surface area contributed by atoms with Gasteiger partial charge in [0.1, 0.15) is 0 Å². The Labute approximate surface area is 138 Å². The molecule has 0 aliphatic rings. The summed E-state index contributed by atoms with van der Waals surface area (Å²) >= 11 is 0. The first-order chi connectivity index (χ1) is 11.0. The lowest BCUT2D eigenvalue weighted by Crippen LogP contribution is -2.16. The Morgan fingerprint density at radius 1 is 1.09 bits per heavy atom. The zero-order valence-electron chi connectivity index (χ0n) is 14.3. The van der Waals surface area contributed by atoms with Gasteiger partial charge in [0.2, 0.25) is 0 Å². The SMILES string of the molecule is CCC(C)Nc1cncc(C(=O)Nc2ccc(C(C)C)cc2)c1. The molecule has 23 heavy (non-hydrogen) atoms. The predicted octanol–water partition coefficient (Wildman–Crippen LogP) is 4.67. The fourth-order valence-corrected chi connectivity index (χ4v) is 2.18. The average molecular weight is 311 g/mol. The van der Waals surface area contributed by atoms with E-state index in [1.807, 2.05) is 30.3 Å². The number of hydrogen-bond acceptors (Lipinski definition) is 3. The highest BCUT2D eigenvalue weighted by Crippen LogP contribution is 2.18. The molecule has 0 saturated carbocycles. The predicted molar refractivity (Wildman–Crippen MR) is 96.1 cm³/mol. The average Bonchev–Trinajstić information content (AvgIpc) is 2.55. The Kier molecular flexibility index (Phi) is 5.74. The van der Waals surface area contributed by atoms with E-state index in [4.69, 9.17) is 0 Å². The first kappa shape index (κ1) is 17.0. The number of pyridine rings is 1. The van der Waals surface area contributed by atoms with E-state index in [1.54, 1.807) is 12.4 Å². The molecule has 0 bridgehead atoms. The van der Waals surface area contributed by atoms with Crippen molar-refractivity contribution in [3.05, 3.63) is 53.9 Å². The second-order valence-corrected chi connectivity index (χ2v) is 6.15. The summed E-state index contributed by atoms with van der Waals surface area (Å²) in [5, 5.41) is 6.24. The van der Waals surface area contributed by atoms with Gasteiger partial charge in [-0.2, -0.15) is 0 Å². The van der Waals surface area contributed by atoms with E-state index >= 15 is 0 Å². The normalized spacial score (nSPS) is 12.0. The molecule has 2 aromatic rings. The van der Waals surface area contributed by atoms with Crippen molar-refractivity contribution in [1.82, 2.24) is 4.98 Å². The number of nitrogens with one attached hydrogen (secondary N) is 2. The Morgan fingerprint density at radius 3 is 2.39 bits per heavy atom. The maximum absolute atomic E-state index is 12.4. The monoisotopic (exact) mass is 311 g/mol. The van der Waals surface area contributed by atoms with Gasteiger partial charge in [-0.15, -0.1) is 0 Å². The second-order valence-electron chi connectivity index (χ2n) is 6.15. The van der Waals surface area contributed by atoms with Crippen LogP contribution in [-0.4, -0.2) is 16.9 Å². The minimum atomic E-state index is -0.150. The molecule has 0 spiro atoms. The van der Waals surface area contributed by atoms with Crippen molar-refractivity contribution < 1.29 is 4.79 Å². The molecule has 2 N–H and O–H groups in total. The maximum atomic E-state index is 12.4. The van der Waals surface area contributed by atoms with Crippen LogP contribution in [0.1, 0.15) is 56.0 Å². The zero-order chi connectivity index (χ0) is 16.8. The first-order valence-electron chi connectivity index (χ1n) is 8.12. The number of amides is 1. The number of rotatable bonds is 6. The smallest absolute Gasteiger partial charge is 0.257 e. The fourth-order valence-electron chi connectivity index (χ4n) is 2.18. The van der Waals surface area contributed by atoms with Crippen LogP contribution in [0.15, 0.2) is 42.7 Å². The molecule has 2 rings (SSSR count). The Morgan fingerprint density at radius 2 is 1.78 bits per heavy atom. The van der Waals surface area contributed by atoms with Gasteiger partial charge in [0.15, 0.2) is 0 Å². The van der Waals surface area contributed by atoms with Crippen molar-refractivity contribution in [2.45, 2.75) is 46.1 Å². The molecule has 1 atom stereocenters. The first-order valence-corrected chi connectivity index (χ1v) is 8.12. The molecule has 1 amide bonds. The van der Waals surface area contributed by atoms with Gasteiger partial charge in [-0.1, -0.05) is 32.9 Å². The standard InChI is InChI=1S/C19H25N3O/c1-5-14(4)21-18-10-16(11-20-12-18)19(23)22-17-8-6-15(7-9-17)13(2)3/h6-14,21H,5H2,1-4H3,(H,22,23). The molecule has 0 aliphatic carbocycles. The summed E-state index contributed by atoms with van der Waals surface area (Å²) in [6.07, 6.45) is 4.33. The lowest BCUT2D eigenvalue weighted by Gasteiger charge is -2.13. The Bertz CT molecular complexity index is 650. The molecule has 4 heteroatoms.